The standard InChI is InChI=1S/C16H23NO3/c1-10-6-11(8-12(17)7-10)14(18)19-13-9-15(2,3)20-16(13,4)5/h6-8,13H,9,17H2,1-5H3. The molecule has 1 fully saturated rings. The number of esters is 1. The van der Waals surface area contributed by atoms with E-state index < -0.39 is 5.60 Å². The highest BCUT2D eigenvalue weighted by atomic mass is 16.6. The Kier molecular flexibility index (Phi) is 3.54. The molecular weight excluding hydrogens is 254 g/mol. The summed E-state index contributed by atoms with van der Waals surface area (Å²) in [4.78, 5) is 12.3. The molecule has 1 aromatic rings. The van der Waals surface area contributed by atoms with Crippen LogP contribution in [0.2, 0.25) is 0 Å². The molecule has 0 saturated carbocycles. The van der Waals surface area contributed by atoms with Crippen LogP contribution >= 0.6 is 0 Å². The van der Waals surface area contributed by atoms with Crippen molar-refractivity contribution in [3.8, 4) is 0 Å². The van der Waals surface area contributed by atoms with Gasteiger partial charge in [0, 0.05) is 12.1 Å². The zero-order valence-corrected chi connectivity index (χ0v) is 12.8. The largest absolute Gasteiger partial charge is 0.456 e. The third-order valence-electron chi connectivity index (χ3n) is 3.58. The minimum Gasteiger partial charge on any atom is -0.456 e. The number of hydrogen-bond donors (Lipinski definition) is 1. The molecule has 0 spiro atoms. The van der Waals surface area contributed by atoms with Gasteiger partial charge in [0.15, 0.2) is 0 Å². The van der Waals surface area contributed by atoms with Gasteiger partial charge in [0.1, 0.15) is 11.7 Å². The molecular formula is C16H23NO3. The lowest BCUT2D eigenvalue weighted by atomic mass is 9.97. The van der Waals surface area contributed by atoms with Gasteiger partial charge in [-0.25, -0.2) is 4.79 Å². The molecule has 0 bridgehead atoms. The Labute approximate surface area is 120 Å². The Morgan fingerprint density at radius 2 is 1.95 bits per heavy atom. The molecule has 0 radical (unpaired) electrons. The average Bonchev–Trinajstić information content (AvgIpc) is 2.44. The van der Waals surface area contributed by atoms with Gasteiger partial charge < -0.3 is 15.2 Å². The minimum atomic E-state index is -0.478. The number of carbonyl (C=O) groups is 1. The number of nitrogens with two attached hydrogens (primary N) is 1. The van der Waals surface area contributed by atoms with E-state index in [1.54, 1.807) is 12.1 Å². The van der Waals surface area contributed by atoms with E-state index in [9.17, 15) is 4.79 Å². The topological polar surface area (TPSA) is 61.6 Å². The normalized spacial score (nSPS) is 23.6. The maximum Gasteiger partial charge on any atom is 0.338 e. The summed E-state index contributed by atoms with van der Waals surface area (Å²) in [6, 6.07) is 5.25. The molecule has 1 heterocycles. The number of nitrogen functional groups attached to an aromatic ring is 1. The lowest BCUT2D eigenvalue weighted by molar-refractivity contribution is -0.0924. The van der Waals surface area contributed by atoms with Gasteiger partial charge in [0.05, 0.1) is 11.2 Å². The smallest absolute Gasteiger partial charge is 0.338 e. The Hall–Kier alpha value is -1.55. The van der Waals surface area contributed by atoms with E-state index in [1.807, 2.05) is 40.7 Å². The monoisotopic (exact) mass is 277 g/mol. The predicted octanol–water partition coefficient (Wildman–Crippen LogP) is 3.08. The lowest BCUT2D eigenvalue weighted by Gasteiger charge is -2.26. The highest BCUT2D eigenvalue weighted by Gasteiger charge is 2.48. The quantitative estimate of drug-likeness (QED) is 0.666. The Morgan fingerprint density at radius 1 is 1.30 bits per heavy atom. The van der Waals surface area contributed by atoms with Crippen molar-refractivity contribution in [1.29, 1.82) is 0 Å². The second-order valence-corrected chi connectivity index (χ2v) is 6.70. The predicted molar refractivity (Wildman–Crippen MR) is 78.7 cm³/mol. The van der Waals surface area contributed by atoms with Gasteiger partial charge >= 0.3 is 5.97 Å². The van der Waals surface area contributed by atoms with Crippen LogP contribution in [0.25, 0.3) is 0 Å². The van der Waals surface area contributed by atoms with Crippen LogP contribution in [-0.2, 0) is 9.47 Å². The van der Waals surface area contributed by atoms with Crippen LogP contribution in [0.4, 0.5) is 5.69 Å². The van der Waals surface area contributed by atoms with Gasteiger partial charge in [0.2, 0.25) is 0 Å². The molecule has 1 saturated heterocycles. The third kappa shape index (κ3) is 3.12. The molecule has 4 nitrogen and oxygen atoms in total. The summed E-state index contributed by atoms with van der Waals surface area (Å²) in [7, 11) is 0. The third-order valence-corrected chi connectivity index (χ3v) is 3.58. The number of carbonyl (C=O) groups excluding carboxylic acids is 1. The number of hydrogen-bond acceptors (Lipinski definition) is 4. The Balaban J connectivity index is 2.16. The molecule has 1 aromatic carbocycles. The van der Waals surface area contributed by atoms with E-state index in [0.29, 0.717) is 17.7 Å². The molecule has 1 unspecified atom stereocenters. The first-order valence-electron chi connectivity index (χ1n) is 6.87. The first-order chi connectivity index (χ1) is 9.09. The van der Waals surface area contributed by atoms with Crippen LogP contribution in [0.5, 0.6) is 0 Å². The molecule has 2 rings (SSSR count). The van der Waals surface area contributed by atoms with Gasteiger partial charge in [0.25, 0.3) is 0 Å². The molecule has 1 atom stereocenters. The molecule has 0 aromatic heterocycles. The minimum absolute atomic E-state index is 0.258. The summed E-state index contributed by atoms with van der Waals surface area (Å²) in [5.41, 5.74) is 7.02. The summed E-state index contributed by atoms with van der Waals surface area (Å²) in [6.45, 7) is 9.81. The maximum absolute atomic E-state index is 12.3. The van der Waals surface area contributed by atoms with E-state index in [1.165, 1.54) is 0 Å². The summed E-state index contributed by atoms with van der Waals surface area (Å²) in [6.07, 6.45) is 0.430. The van der Waals surface area contributed by atoms with Gasteiger partial charge in [-0.1, -0.05) is 0 Å². The second kappa shape index (κ2) is 4.77. The van der Waals surface area contributed by atoms with Crippen LogP contribution in [-0.4, -0.2) is 23.3 Å². The van der Waals surface area contributed by atoms with E-state index in [2.05, 4.69) is 0 Å². The van der Waals surface area contributed by atoms with Crippen LogP contribution in [0.3, 0.4) is 0 Å². The number of aryl methyl sites for hydroxylation is 1. The molecule has 1 aliphatic rings. The Bertz CT molecular complexity index is 514. The van der Waals surface area contributed by atoms with E-state index in [4.69, 9.17) is 15.2 Å². The molecule has 1 aliphatic heterocycles. The van der Waals surface area contributed by atoms with Crippen LogP contribution in [0, 0.1) is 6.92 Å². The van der Waals surface area contributed by atoms with Crippen molar-refractivity contribution in [3.63, 3.8) is 0 Å². The molecule has 0 aliphatic carbocycles. The van der Waals surface area contributed by atoms with Crippen molar-refractivity contribution in [1.82, 2.24) is 0 Å². The van der Waals surface area contributed by atoms with Crippen molar-refractivity contribution in [2.45, 2.75) is 58.3 Å². The summed E-state index contributed by atoms with van der Waals surface area (Å²) in [5.74, 6) is -0.347. The molecule has 110 valence electrons. The van der Waals surface area contributed by atoms with Crippen LogP contribution in [0.15, 0.2) is 18.2 Å². The van der Waals surface area contributed by atoms with E-state index >= 15 is 0 Å². The van der Waals surface area contributed by atoms with E-state index in [0.717, 1.165) is 5.56 Å². The van der Waals surface area contributed by atoms with Gasteiger partial charge in [-0.15, -0.1) is 0 Å². The van der Waals surface area contributed by atoms with Crippen molar-refractivity contribution in [2.24, 2.45) is 0 Å². The zero-order valence-electron chi connectivity index (χ0n) is 12.8. The molecule has 20 heavy (non-hydrogen) atoms. The first-order valence-corrected chi connectivity index (χ1v) is 6.87. The number of benzene rings is 1. The summed E-state index contributed by atoms with van der Waals surface area (Å²) < 4.78 is 11.6. The highest BCUT2D eigenvalue weighted by molar-refractivity contribution is 5.90. The van der Waals surface area contributed by atoms with Crippen LogP contribution in [0.1, 0.15) is 50.0 Å². The molecule has 2 N–H and O–H groups in total. The van der Waals surface area contributed by atoms with Gasteiger partial charge in [-0.2, -0.15) is 0 Å². The summed E-state index contributed by atoms with van der Waals surface area (Å²) in [5, 5.41) is 0. The zero-order chi connectivity index (χ0) is 15.1. The second-order valence-electron chi connectivity index (χ2n) is 6.70. The fourth-order valence-corrected chi connectivity index (χ4v) is 2.82. The van der Waals surface area contributed by atoms with Crippen LogP contribution < -0.4 is 5.73 Å². The van der Waals surface area contributed by atoms with Crippen molar-refractivity contribution < 1.29 is 14.3 Å². The Morgan fingerprint density at radius 3 is 2.45 bits per heavy atom. The SMILES string of the molecule is Cc1cc(N)cc(C(=O)OC2CC(C)(C)OC2(C)C)c1. The van der Waals surface area contributed by atoms with Crippen molar-refractivity contribution >= 4 is 11.7 Å². The molecule has 4 heteroatoms. The number of rotatable bonds is 2. The van der Waals surface area contributed by atoms with Gasteiger partial charge in [-0.05, 0) is 58.4 Å². The fourth-order valence-electron chi connectivity index (χ4n) is 2.82. The highest BCUT2D eigenvalue weighted by Crippen LogP contribution is 2.39. The van der Waals surface area contributed by atoms with Gasteiger partial charge in [-0.3, -0.25) is 0 Å². The number of ether oxygens (including phenoxy) is 2. The fraction of sp³-hybridized carbons (Fsp3) is 0.562. The maximum atomic E-state index is 12.3. The van der Waals surface area contributed by atoms with Crippen molar-refractivity contribution in [2.75, 3.05) is 5.73 Å². The van der Waals surface area contributed by atoms with E-state index in [-0.39, 0.29) is 17.7 Å². The summed E-state index contributed by atoms with van der Waals surface area (Å²) >= 11 is 0. The number of anilines is 1. The first kappa shape index (κ1) is 14.9. The van der Waals surface area contributed by atoms with Crippen molar-refractivity contribution in [3.05, 3.63) is 29.3 Å². The lowest BCUT2D eigenvalue weighted by Crippen LogP contribution is -2.36. The average molecular weight is 277 g/mol. The molecule has 0 amide bonds.